The van der Waals surface area contributed by atoms with Crippen LogP contribution in [0.15, 0.2) is 41.5 Å². The average molecular weight is 323 g/mol. The Balaban J connectivity index is 1.56. The van der Waals surface area contributed by atoms with Crippen LogP contribution in [0.2, 0.25) is 0 Å². The molecule has 0 bridgehead atoms. The lowest BCUT2D eigenvalue weighted by Gasteiger charge is -2.32. The molecule has 3 aromatic rings. The molecule has 1 aliphatic rings. The number of aromatic amines is 1. The molecular weight excluding hydrogens is 302 g/mol. The Morgan fingerprint density at radius 2 is 2.21 bits per heavy atom. The van der Waals surface area contributed by atoms with Gasteiger partial charge in [0.25, 0.3) is 5.56 Å². The van der Waals surface area contributed by atoms with E-state index in [0.29, 0.717) is 5.92 Å². The quantitative estimate of drug-likeness (QED) is 0.801. The molecule has 0 radical (unpaired) electrons. The average Bonchev–Trinajstić information content (AvgIpc) is 2.91. The maximum atomic E-state index is 11.5. The summed E-state index contributed by atoms with van der Waals surface area (Å²) in [7, 11) is 2.01. The van der Waals surface area contributed by atoms with E-state index in [0.717, 1.165) is 43.7 Å². The fourth-order valence-corrected chi connectivity index (χ4v) is 3.65. The molecule has 6 heteroatoms. The van der Waals surface area contributed by atoms with Crippen LogP contribution in [0.4, 0.5) is 0 Å². The van der Waals surface area contributed by atoms with E-state index in [-0.39, 0.29) is 5.56 Å². The summed E-state index contributed by atoms with van der Waals surface area (Å²) in [5.74, 6) is 0.320. The van der Waals surface area contributed by atoms with Gasteiger partial charge in [0.1, 0.15) is 0 Å². The molecule has 2 aromatic heterocycles. The predicted molar refractivity (Wildman–Crippen MR) is 92.8 cm³/mol. The number of nitrogens with one attached hydrogen (secondary N) is 1. The van der Waals surface area contributed by atoms with Crippen LogP contribution in [0.25, 0.3) is 10.9 Å². The van der Waals surface area contributed by atoms with Crippen molar-refractivity contribution in [2.24, 2.45) is 7.05 Å². The number of benzene rings is 1. The molecule has 24 heavy (non-hydrogen) atoms. The number of hydrogen-bond acceptors (Lipinski definition) is 4. The second-order valence-corrected chi connectivity index (χ2v) is 6.50. The number of hydrogen-bond donors (Lipinski definition) is 1. The minimum Gasteiger partial charge on any atom is -0.313 e. The van der Waals surface area contributed by atoms with Gasteiger partial charge in [-0.1, -0.05) is 18.2 Å². The van der Waals surface area contributed by atoms with Gasteiger partial charge in [0, 0.05) is 37.5 Å². The Bertz CT molecular complexity index is 913. The molecule has 1 saturated heterocycles. The summed E-state index contributed by atoms with van der Waals surface area (Å²) in [5.41, 5.74) is 3.11. The molecule has 0 amide bonds. The highest BCUT2D eigenvalue weighted by Crippen LogP contribution is 2.27. The van der Waals surface area contributed by atoms with Crippen molar-refractivity contribution in [1.82, 2.24) is 24.6 Å². The van der Waals surface area contributed by atoms with Crippen molar-refractivity contribution in [3.8, 4) is 0 Å². The van der Waals surface area contributed by atoms with E-state index in [1.54, 1.807) is 6.07 Å². The van der Waals surface area contributed by atoms with Crippen molar-refractivity contribution < 1.29 is 0 Å². The van der Waals surface area contributed by atoms with Gasteiger partial charge in [0.2, 0.25) is 0 Å². The SMILES string of the molecule is Cn1nc2ccccc2c1CN1CCCC(c2cc(=O)[nH]cn2)C1. The van der Waals surface area contributed by atoms with E-state index < -0.39 is 0 Å². The monoisotopic (exact) mass is 323 g/mol. The maximum Gasteiger partial charge on any atom is 0.250 e. The van der Waals surface area contributed by atoms with Crippen molar-refractivity contribution in [2.45, 2.75) is 25.3 Å². The summed E-state index contributed by atoms with van der Waals surface area (Å²) < 4.78 is 1.99. The van der Waals surface area contributed by atoms with E-state index in [2.05, 4.69) is 38.2 Å². The third kappa shape index (κ3) is 2.85. The Morgan fingerprint density at radius 3 is 3.08 bits per heavy atom. The molecule has 1 aromatic carbocycles. The first kappa shape index (κ1) is 15.1. The largest absolute Gasteiger partial charge is 0.313 e. The van der Waals surface area contributed by atoms with Gasteiger partial charge in [-0.05, 0) is 25.5 Å². The first-order valence-corrected chi connectivity index (χ1v) is 8.38. The van der Waals surface area contributed by atoms with Gasteiger partial charge in [0.15, 0.2) is 0 Å². The highest BCUT2D eigenvalue weighted by Gasteiger charge is 2.24. The fraction of sp³-hybridized carbons (Fsp3) is 0.389. The van der Waals surface area contributed by atoms with Crippen LogP contribution in [-0.4, -0.2) is 37.7 Å². The molecule has 4 rings (SSSR count). The van der Waals surface area contributed by atoms with Crippen molar-refractivity contribution in [1.29, 1.82) is 0 Å². The lowest BCUT2D eigenvalue weighted by atomic mass is 9.94. The normalized spacial score (nSPS) is 19.0. The zero-order valence-electron chi connectivity index (χ0n) is 13.8. The maximum absolute atomic E-state index is 11.5. The topological polar surface area (TPSA) is 66.8 Å². The Hall–Kier alpha value is -2.47. The smallest absolute Gasteiger partial charge is 0.250 e. The number of fused-ring (bicyclic) bond motifs is 1. The fourth-order valence-electron chi connectivity index (χ4n) is 3.65. The minimum atomic E-state index is -0.0743. The molecule has 0 spiro atoms. The Kier molecular flexibility index (Phi) is 3.90. The van der Waals surface area contributed by atoms with Crippen LogP contribution in [0.3, 0.4) is 0 Å². The second kappa shape index (κ2) is 6.20. The molecule has 6 nitrogen and oxygen atoms in total. The zero-order valence-corrected chi connectivity index (χ0v) is 13.8. The molecule has 124 valence electrons. The van der Waals surface area contributed by atoms with Crippen LogP contribution >= 0.6 is 0 Å². The predicted octanol–water partition coefficient (Wildman–Crippen LogP) is 2.04. The van der Waals surface area contributed by atoms with Crippen molar-refractivity contribution in [3.63, 3.8) is 0 Å². The number of rotatable bonds is 3. The lowest BCUT2D eigenvalue weighted by Crippen LogP contribution is -2.35. The second-order valence-electron chi connectivity index (χ2n) is 6.50. The van der Waals surface area contributed by atoms with Crippen LogP contribution in [0.5, 0.6) is 0 Å². The summed E-state index contributed by atoms with van der Waals surface area (Å²) >= 11 is 0. The zero-order chi connectivity index (χ0) is 16.5. The van der Waals surface area contributed by atoms with Gasteiger partial charge in [-0.3, -0.25) is 14.4 Å². The summed E-state index contributed by atoms with van der Waals surface area (Å²) in [6, 6.07) is 9.91. The van der Waals surface area contributed by atoms with Gasteiger partial charge in [0.05, 0.1) is 23.2 Å². The standard InChI is InChI=1S/C18H21N5O/c1-22-17(14-6-2-3-7-15(14)21-22)11-23-8-4-5-13(10-23)16-9-18(24)20-12-19-16/h2-3,6-7,9,12-13H,4-5,8,10-11H2,1H3,(H,19,20,24). The van der Waals surface area contributed by atoms with Gasteiger partial charge >= 0.3 is 0 Å². The Morgan fingerprint density at radius 1 is 1.33 bits per heavy atom. The van der Waals surface area contributed by atoms with E-state index in [4.69, 9.17) is 0 Å². The molecule has 1 aliphatic heterocycles. The first-order chi connectivity index (χ1) is 11.7. The Labute approximate surface area is 140 Å². The third-order valence-corrected chi connectivity index (χ3v) is 4.86. The van der Waals surface area contributed by atoms with Crippen molar-refractivity contribution in [3.05, 3.63) is 58.4 Å². The lowest BCUT2D eigenvalue weighted by molar-refractivity contribution is 0.194. The van der Waals surface area contributed by atoms with Gasteiger partial charge in [-0.2, -0.15) is 5.10 Å². The van der Waals surface area contributed by atoms with E-state index in [1.165, 1.54) is 17.4 Å². The first-order valence-electron chi connectivity index (χ1n) is 8.38. The van der Waals surface area contributed by atoms with E-state index >= 15 is 0 Å². The molecule has 0 saturated carbocycles. The van der Waals surface area contributed by atoms with E-state index in [1.807, 2.05) is 17.8 Å². The molecular formula is C18H21N5O. The molecule has 1 unspecified atom stereocenters. The molecule has 1 N–H and O–H groups in total. The van der Waals surface area contributed by atoms with Crippen LogP contribution in [0, 0.1) is 0 Å². The summed E-state index contributed by atoms with van der Waals surface area (Å²) in [6.07, 6.45) is 3.71. The number of likely N-dealkylation sites (tertiary alicyclic amines) is 1. The van der Waals surface area contributed by atoms with Crippen molar-refractivity contribution >= 4 is 10.9 Å². The highest BCUT2D eigenvalue weighted by molar-refractivity contribution is 5.81. The molecule has 1 atom stereocenters. The van der Waals surface area contributed by atoms with Crippen LogP contribution in [-0.2, 0) is 13.6 Å². The molecule has 1 fully saturated rings. The number of H-pyrrole nitrogens is 1. The van der Waals surface area contributed by atoms with Gasteiger partial charge in [-0.15, -0.1) is 0 Å². The number of piperidine rings is 1. The minimum absolute atomic E-state index is 0.0743. The number of aryl methyl sites for hydroxylation is 1. The van der Waals surface area contributed by atoms with E-state index in [9.17, 15) is 4.79 Å². The van der Waals surface area contributed by atoms with Crippen molar-refractivity contribution in [2.75, 3.05) is 13.1 Å². The number of aromatic nitrogens is 4. The molecule has 3 heterocycles. The summed E-state index contributed by atoms with van der Waals surface area (Å²) in [5, 5.41) is 5.82. The summed E-state index contributed by atoms with van der Waals surface area (Å²) in [6.45, 7) is 2.87. The van der Waals surface area contributed by atoms with Crippen LogP contribution < -0.4 is 5.56 Å². The summed E-state index contributed by atoms with van der Waals surface area (Å²) in [4.78, 5) is 20.9. The van der Waals surface area contributed by atoms with Gasteiger partial charge < -0.3 is 4.98 Å². The number of nitrogens with zero attached hydrogens (tertiary/aromatic N) is 4. The third-order valence-electron chi connectivity index (χ3n) is 4.86. The van der Waals surface area contributed by atoms with Crippen LogP contribution in [0.1, 0.15) is 30.1 Å². The van der Waals surface area contributed by atoms with Gasteiger partial charge in [-0.25, -0.2) is 4.98 Å². The molecule has 0 aliphatic carbocycles. The highest BCUT2D eigenvalue weighted by atomic mass is 16.1.